The predicted octanol–water partition coefficient (Wildman–Crippen LogP) is 2.53. The molecule has 0 spiro atoms. The van der Waals surface area contributed by atoms with Crippen LogP contribution in [0.4, 0.5) is 0 Å². The maximum absolute atomic E-state index is 6.41. The van der Waals surface area contributed by atoms with Crippen LogP contribution in [0, 0.1) is 0 Å². The summed E-state index contributed by atoms with van der Waals surface area (Å²) >= 11 is 6.41. The monoisotopic (exact) mass is 340 g/mol. The van der Waals surface area contributed by atoms with Crippen LogP contribution in [0.2, 0.25) is 5.02 Å². The quantitative estimate of drug-likeness (QED) is 0.412. The highest BCUT2D eigenvalue weighted by molar-refractivity contribution is 6.31. The lowest BCUT2D eigenvalue weighted by atomic mass is 10.0. The van der Waals surface area contributed by atoms with E-state index in [2.05, 4.69) is 40.4 Å². The zero-order chi connectivity index (χ0) is 17.1. The minimum atomic E-state index is 0.194. The Bertz CT molecular complexity index is 477. The van der Waals surface area contributed by atoms with E-state index >= 15 is 0 Å². The maximum atomic E-state index is 6.41. The Kier molecular flexibility index (Phi) is 9.67. The molecule has 1 unspecified atom stereocenters. The first-order valence-corrected chi connectivity index (χ1v) is 8.47. The largest absolute Gasteiger partial charge is 0.383 e. The fourth-order valence-corrected chi connectivity index (χ4v) is 2.79. The molecule has 0 heterocycles. The number of hydrogen-bond donors (Lipinski definition) is 2. The second kappa shape index (κ2) is 11.3. The summed E-state index contributed by atoms with van der Waals surface area (Å²) in [7, 11) is 3.45. The van der Waals surface area contributed by atoms with Crippen molar-refractivity contribution in [2.24, 2.45) is 4.99 Å². The molecule has 1 aromatic rings. The van der Waals surface area contributed by atoms with Crippen molar-refractivity contribution >= 4 is 17.6 Å². The number of ether oxygens (including phenoxy) is 1. The molecule has 130 valence electrons. The van der Waals surface area contributed by atoms with E-state index in [1.165, 1.54) is 0 Å². The van der Waals surface area contributed by atoms with Gasteiger partial charge in [0.1, 0.15) is 0 Å². The van der Waals surface area contributed by atoms with Crippen molar-refractivity contribution in [3.63, 3.8) is 0 Å². The molecule has 1 aromatic carbocycles. The number of nitrogens with one attached hydrogen (secondary N) is 2. The summed E-state index contributed by atoms with van der Waals surface area (Å²) in [6, 6.07) is 8.22. The van der Waals surface area contributed by atoms with Gasteiger partial charge in [0, 0.05) is 32.3 Å². The number of guanidine groups is 1. The van der Waals surface area contributed by atoms with E-state index in [-0.39, 0.29) is 6.04 Å². The lowest BCUT2D eigenvalue weighted by molar-refractivity contribution is 0.203. The van der Waals surface area contributed by atoms with Crippen molar-refractivity contribution < 1.29 is 4.74 Å². The molecule has 1 rings (SSSR count). The number of methoxy groups -OCH3 is 1. The second-order valence-corrected chi connectivity index (χ2v) is 5.54. The summed E-state index contributed by atoms with van der Waals surface area (Å²) in [6.07, 6.45) is 0. The van der Waals surface area contributed by atoms with Crippen LogP contribution in [-0.4, -0.2) is 57.8 Å². The topological polar surface area (TPSA) is 48.9 Å². The predicted molar refractivity (Wildman–Crippen MR) is 98.4 cm³/mol. The first-order valence-electron chi connectivity index (χ1n) is 8.09. The van der Waals surface area contributed by atoms with Crippen molar-refractivity contribution in [1.82, 2.24) is 15.5 Å². The van der Waals surface area contributed by atoms with E-state index in [9.17, 15) is 0 Å². The van der Waals surface area contributed by atoms with Crippen LogP contribution in [0.5, 0.6) is 0 Å². The molecule has 2 N–H and O–H groups in total. The molecule has 0 fully saturated rings. The zero-order valence-corrected chi connectivity index (χ0v) is 15.4. The summed E-state index contributed by atoms with van der Waals surface area (Å²) < 4.78 is 5.05. The highest BCUT2D eigenvalue weighted by Gasteiger charge is 2.20. The van der Waals surface area contributed by atoms with Gasteiger partial charge in [-0.2, -0.15) is 0 Å². The van der Waals surface area contributed by atoms with E-state index in [1.54, 1.807) is 14.2 Å². The van der Waals surface area contributed by atoms with Gasteiger partial charge in [-0.3, -0.25) is 9.89 Å². The fourth-order valence-electron chi connectivity index (χ4n) is 2.53. The molecule has 0 saturated heterocycles. The van der Waals surface area contributed by atoms with Crippen molar-refractivity contribution in [2.75, 3.05) is 46.9 Å². The standard InChI is InChI=1S/C17H29ClN4O/c1-5-22(6-2)16(14-9-7-8-10-15(14)18)13-21-17(19-3)20-11-12-23-4/h7-10,16H,5-6,11-13H2,1-4H3,(H2,19,20,21). The highest BCUT2D eigenvalue weighted by atomic mass is 35.5. The van der Waals surface area contributed by atoms with Crippen LogP contribution in [-0.2, 0) is 4.74 Å². The number of halogens is 1. The van der Waals surface area contributed by atoms with Crippen LogP contribution >= 0.6 is 11.6 Å². The SMILES string of the molecule is CCN(CC)C(CNC(=NC)NCCOC)c1ccccc1Cl. The molecule has 0 bridgehead atoms. The Hall–Kier alpha value is -1.30. The molecule has 0 saturated carbocycles. The lowest BCUT2D eigenvalue weighted by Crippen LogP contribution is -2.44. The third-order valence-electron chi connectivity index (χ3n) is 3.80. The summed E-state index contributed by atoms with van der Waals surface area (Å²) in [5, 5.41) is 7.41. The van der Waals surface area contributed by atoms with Gasteiger partial charge in [-0.25, -0.2) is 0 Å². The number of rotatable bonds is 9. The molecule has 0 aliphatic heterocycles. The summed E-state index contributed by atoms with van der Waals surface area (Å²) in [5.41, 5.74) is 1.14. The maximum Gasteiger partial charge on any atom is 0.191 e. The van der Waals surface area contributed by atoms with E-state index in [0.717, 1.165) is 42.7 Å². The number of nitrogens with zero attached hydrogens (tertiary/aromatic N) is 2. The fraction of sp³-hybridized carbons (Fsp3) is 0.588. The van der Waals surface area contributed by atoms with Gasteiger partial charge in [0.2, 0.25) is 0 Å². The molecular formula is C17H29ClN4O. The molecule has 0 radical (unpaired) electrons. The molecule has 0 amide bonds. The molecule has 0 aliphatic carbocycles. The number of likely N-dealkylation sites (N-methyl/N-ethyl adjacent to an activating group) is 1. The lowest BCUT2D eigenvalue weighted by Gasteiger charge is -2.31. The first kappa shape index (κ1) is 19.7. The number of aliphatic imine (C=N–C) groups is 1. The van der Waals surface area contributed by atoms with Crippen molar-refractivity contribution in [1.29, 1.82) is 0 Å². The minimum absolute atomic E-state index is 0.194. The first-order chi connectivity index (χ1) is 11.2. The molecule has 1 atom stereocenters. The zero-order valence-electron chi connectivity index (χ0n) is 14.6. The normalized spacial score (nSPS) is 13.2. The van der Waals surface area contributed by atoms with Gasteiger partial charge in [-0.1, -0.05) is 43.6 Å². The summed E-state index contributed by atoms with van der Waals surface area (Å²) in [4.78, 5) is 6.63. The van der Waals surface area contributed by atoms with Crippen LogP contribution in [0.15, 0.2) is 29.3 Å². The third kappa shape index (κ3) is 6.37. The second-order valence-electron chi connectivity index (χ2n) is 5.13. The number of benzene rings is 1. The highest BCUT2D eigenvalue weighted by Crippen LogP contribution is 2.26. The molecule has 5 nitrogen and oxygen atoms in total. The Morgan fingerprint density at radius 3 is 2.52 bits per heavy atom. The van der Waals surface area contributed by atoms with Crippen LogP contribution in [0.3, 0.4) is 0 Å². The Morgan fingerprint density at radius 1 is 1.26 bits per heavy atom. The minimum Gasteiger partial charge on any atom is -0.383 e. The van der Waals surface area contributed by atoms with Gasteiger partial charge in [-0.15, -0.1) is 0 Å². The van der Waals surface area contributed by atoms with Gasteiger partial charge in [0.25, 0.3) is 0 Å². The van der Waals surface area contributed by atoms with Crippen molar-refractivity contribution in [3.05, 3.63) is 34.9 Å². The van der Waals surface area contributed by atoms with Gasteiger partial charge < -0.3 is 15.4 Å². The van der Waals surface area contributed by atoms with Gasteiger partial charge >= 0.3 is 0 Å². The van der Waals surface area contributed by atoms with Crippen molar-refractivity contribution in [2.45, 2.75) is 19.9 Å². The average Bonchev–Trinajstić information content (AvgIpc) is 2.57. The van der Waals surface area contributed by atoms with Crippen molar-refractivity contribution in [3.8, 4) is 0 Å². The molecular weight excluding hydrogens is 312 g/mol. The molecule has 6 heteroatoms. The van der Waals surface area contributed by atoms with Gasteiger partial charge in [0.05, 0.1) is 12.6 Å². The van der Waals surface area contributed by atoms with E-state index < -0.39 is 0 Å². The van der Waals surface area contributed by atoms with E-state index in [0.29, 0.717) is 6.61 Å². The van der Waals surface area contributed by atoms with Gasteiger partial charge in [-0.05, 0) is 24.7 Å². The average molecular weight is 341 g/mol. The number of hydrogen-bond acceptors (Lipinski definition) is 3. The summed E-state index contributed by atoms with van der Waals surface area (Å²) in [6.45, 7) is 8.35. The van der Waals surface area contributed by atoms with Crippen LogP contribution in [0.25, 0.3) is 0 Å². The Labute approximate surface area is 145 Å². The smallest absolute Gasteiger partial charge is 0.191 e. The molecule has 0 aliphatic rings. The summed E-state index contributed by atoms with van der Waals surface area (Å²) in [5.74, 6) is 0.770. The van der Waals surface area contributed by atoms with E-state index in [4.69, 9.17) is 16.3 Å². The van der Waals surface area contributed by atoms with Crippen LogP contribution < -0.4 is 10.6 Å². The molecule has 0 aromatic heterocycles. The van der Waals surface area contributed by atoms with Crippen LogP contribution in [0.1, 0.15) is 25.5 Å². The Morgan fingerprint density at radius 2 is 1.96 bits per heavy atom. The Balaban J connectivity index is 2.80. The van der Waals surface area contributed by atoms with Gasteiger partial charge in [0.15, 0.2) is 5.96 Å². The van der Waals surface area contributed by atoms with E-state index in [1.807, 2.05) is 18.2 Å². The third-order valence-corrected chi connectivity index (χ3v) is 4.15. The molecule has 23 heavy (non-hydrogen) atoms.